The molecule has 0 heterocycles. The Morgan fingerprint density at radius 1 is 1.14 bits per heavy atom. The van der Waals surface area contributed by atoms with Crippen molar-refractivity contribution in [3.63, 3.8) is 0 Å². The highest BCUT2D eigenvalue weighted by Gasteiger charge is 2.79. The smallest absolute Gasteiger partial charge is 0.230 e. The number of nitrogens with two attached hydrogens (primary N) is 1. The zero-order valence-corrected chi connectivity index (χ0v) is 22.1. The van der Waals surface area contributed by atoms with Crippen molar-refractivity contribution in [1.29, 1.82) is 0 Å². The van der Waals surface area contributed by atoms with Gasteiger partial charge in [0.15, 0.2) is 17.2 Å². The molecule has 37 heavy (non-hydrogen) atoms. The van der Waals surface area contributed by atoms with E-state index >= 15 is 0 Å². The standard InChI is InChI=1S/C28H37NO8/c1-11(2)19-22(33)18(25(29)36)23(34)28(37)24(35)20-21(32)17-14(8-7-9-15(17)31)13(4)26(20,5)16(10-12(3)30)27(19,28)6/h7-9,11,13,16,18-20,22,24,31,33,35,37H,10H2,1-6H3,(H2,29,36)/t13-,16-,18-,19+,20-,22?,24?,26-,27-,28+/m1/s1. The molecule has 0 spiro atoms. The molecule has 0 saturated heterocycles. The average Bonchev–Trinajstić information content (AvgIpc) is 2.78. The lowest BCUT2D eigenvalue weighted by Crippen LogP contribution is -2.82. The zero-order chi connectivity index (χ0) is 28.0. The summed E-state index contributed by atoms with van der Waals surface area (Å²) in [5, 5.41) is 46.3. The number of carbonyl (C=O) groups excluding carboxylic acids is 4. The van der Waals surface area contributed by atoms with Crippen molar-refractivity contribution >= 4 is 23.3 Å². The van der Waals surface area contributed by atoms with Gasteiger partial charge in [0.25, 0.3) is 0 Å². The van der Waals surface area contributed by atoms with Crippen LogP contribution in [-0.2, 0) is 14.4 Å². The van der Waals surface area contributed by atoms with E-state index in [4.69, 9.17) is 5.73 Å². The van der Waals surface area contributed by atoms with Crippen LogP contribution in [0.15, 0.2) is 18.2 Å². The van der Waals surface area contributed by atoms with Gasteiger partial charge in [-0.2, -0.15) is 0 Å². The van der Waals surface area contributed by atoms with Gasteiger partial charge in [0.2, 0.25) is 5.91 Å². The highest BCUT2D eigenvalue weighted by Crippen LogP contribution is 2.71. The fourth-order valence-corrected chi connectivity index (χ4v) is 8.66. The number of ketones is 3. The number of Topliss-reactive ketones (excluding diaryl/α,β-unsaturated/α-hetero) is 3. The van der Waals surface area contributed by atoms with Crippen LogP contribution in [0, 0.1) is 40.4 Å². The highest BCUT2D eigenvalue weighted by molar-refractivity contribution is 6.09. The van der Waals surface area contributed by atoms with Crippen LogP contribution < -0.4 is 5.73 Å². The van der Waals surface area contributed by atoms with Crippen molar-refractivity contribution in [3.05, 3.63) is 29.3 Å². The maximum Gasteiger partial charge on any atom is 0.230 e. The Balaban J connectivity index is 2.13. The lowest BCUT2D eigenvalue weighted by molar-refractivity contribution is -0.292. The molecule has 0 aromatic heterocycles. The van der Waals surface area contributed by atoms with Crippen LogP contribution in [0.1, 0.15) is 69.8 Å². The third-order valence-corrected chi connectivity index (χ3v) is 10.3. The summed E-state index contributed by atoms with van der Waals surface area (Å²) in [6.45, 7) is 10.1. The van der Waals surface area contributed by atoms with E-state index < -0.39 is 81.6 Å². The number of primary amides is 1. The zero-order valence-electron chi connectivity index (χ0n) is 22.1. The molecule has 3 aliphatic carbocycles. The summed E-state index contributed by atoms with van der Waals surface area (Å²) in [4.78, 5) is 53.1. The second kappa shape index (κ2) is 8.44. The van der Waals surface area contributed by atoms with Crippen LogP contribution in [0.3, 0.4) is 0 Å². The monoisotopic (exact) mass is 515 g/mol. The van der Waals surface area contributed by atoms with Gasteiger partial charge in [-0.15, -0.1) is 0 Å². The Labute approximate surface area is 216 Å². The summed E-state index contributed by atoms with van der Waals surface area (Å²) in [6, 6.07) is 4.68. The predicted octanol–water partition coefficient (Wildman–Crippen LogP) is 1.34. The number of fused-ring (bicyclic) bond motifs is 3. The van der Waals surface area contributed by atoms with Gasteiger partial charge in [0, 0.05) is 11.8 Å². The number of hydrogen-bond donors (Lipinski definition) is 5. The molecule has 1 amide bonds. The molecular weight excluding hydrogens is 478 g/mol. The molecule has 2 fully saturated rings. The van der Waals surface area contributed by atoms with E-state index in [2.05, 4.69) is 0 Å². The maximum absolute atomic E-state index is 14.0. The van der Waals surface area contributed by atoms with Crippen LogP contribution in [0.4, 0.5) is 0 Å². The number of hydrogen-bond acceptors (Lipinski definition) is 8. The van der Waals surface area contributed by atoms with Gasteiger partial charge in [0.1, 0.15) is 23.6 Å². The summed E-state index contributed by atoms with van der Waals surface area (Å²) < 4.78 is 0. The number of benzene rings is 1. The van der Waals surface area contributed by atoms with Crippen molar-refractivity contribution in [3.8, 4) is 5.75 Å². The molecule has 9 nitrogen and oxygen atoms in total. The van der Waals surface area contributed by atoms with E-state index in [1.807, 2.05) is 6.92 Å². The van der Waals surface area contributed by atoms with Crippen molar-refractivity contribution in [2.45, 2.75) is 71.7 Å². The van der Waals surface area contributed by atoms with Crippen molar-refractivity contribution in [2.75, 3.05) is 0 Å². The summed E-state index contributed by atoms with van der Waals surface area (Å²) in [7, 11) is 0. The first-order valence-corrected chi connectivity index (χ1v) is 12.8. The number of aliphatic hydroxyl groups is 3. The topological polar surface area (TPSA) is 175 Å². The molecule has 1 aromatic rings. The second-order valence-corrected chi connectivity index (χ2v) is 12.1. The SMILES string of the molecule is CC(=O)C[C@@H]1[C@@]2(C)[C@H](C)c3cccc(O)c3C(=O)[C@@H]2C(O)[C@@]2(O)C(=O)[C@H](C(N)=O)C(O)[C@H](C(C)C)[C@@]12C. The normalized spacial score (nSPS) is 43.1. The predicted molar refractivity (Wildman–Crippen MR) is 132 cm³/mol. The lowest BCUT2D eigenvalue weighted by atomic mass is 9.33. The molecule has 6 N–H and O–H groups in total. The van der Waals surface area contributed by atoms with Crippen molar-refractivity contribution < 1.29 is 39.6 Å². The number of aromatic hydroxyl groups is 1. The Hall–Kier alpha value is -2.62. The van der Waals surface area contributed by atoms with Gasteiger partial charge < -0.3 is 31.0 Å². The summed E-state index contributed by atoms with van der Waals surface area (Å²) in [5.41, 5.74) is 0.588. The highest BCUT2D eigenvalue weighted by atomic mass is 16.4. The van der Waals surface area contributed by atoms with Gasteiger partial charge in [-0.3, -0.25) is 14.4 Å². The number of amides is 1. The molecule has 2 saturated carbocycles. The third kappa shape index (κ3) is 3.14. The van der Waals surface area contributed by atoms with E-state index in [1.54, 1.807) is 39.8 Å². The molecule has 202 valence electrons. The largest absolute Gasteiger partial charge is 0.507 e. The lowest BCUT2D eigenvalue weighted by Gasteiger charge is -2.71. The molecule has 0 radical (unpaired) electrons. The van der Waals surface area contributed by atoms with E-state index in [-0.39, 0.29) is 23.5 Å². The van der Waals surface area contributed by atoms with Gasteiger partial charge in [-0.05, 0) is 47.6 Å². The number of phenols is 1. The first kappa shape index (κ1) is 27.4. The van der Waals surface area contributed by atoms with E-state index in [0.29, 0.717) is 5.56 Å². The fourth-order valence-electron chi connectivity index (χ4n) is 8.66. The molecular formula is C28H37NO8. The van der Waals surface area contributed by atoms with Gasteiger partial charge in [0.05, 0.1) is 17.6 Å². The van der Waals surface area contributed by atoms with Gasteiger partial charge >= 0.3 is 0 Å². The van der Waals surface area contributed by atoms with Gasteiger partial charge in [-0.1, -0.05) is 46.8 Å². The summed E-state index contributed by atoms with van der Waals surface area (Å²) in [5.74, 6) is -9.39. The van der Waals surface area contributed by atoms with Crippen LogP contribution in [0.25, 0.3) is 0 Å². The van der Waals surface area contributed by atoms with Crippen molar-refractivity contribution in [2.24, 2.45) is 46.2 Å². The molecule has 4 rings (SSSR count). The van der Waals surface area contributed by atoms with E-state index in [1.165, 1.54) is 13.0 Å². The molecule has 9 heteroatoms. The minimum absolute atomic E-state index is 0.000423. The summed E-state index contributed by atoms with van der Waals surface area (Å²) >= 11 is 0. The first-order chi connectivity index (χ1) is 17.0. The maximum atomic E-state index is 14.0. The van der Waals surface area contributed by atoms with Crippen LogP contribution in [0.2, 0.25) is 0 Å². The molecule has 1 aromatic carbocycles. The number of phenolic OH excluding ortho intramolecular Hbond substituents is 1. The van der Waals surface area contributed by atoms with Gasteiger partial charge in [-0.25, -0.2) is 0 Å². The minimum Gasteiger partial charge on any atom is -0.507 e. The number of rotatable bonds is 4. The Bertz CT molecular complexity index is 1190. The molecule has 3 aliphatic rings. The summed E-state index contributed by atoms with van der Waals surface area (Å²) in [6.07, 6.45) is -3.70. The minimum atomic E-state index is -2.68. The van der Waals surface area contributed by atoms with E-state index in [9.17, 15) is 39.6 Å². The first-order valence-electron chi connectivity index (χ1n) is 12.8. The van der Waals surface area contributed by atoms with Crippen LogP contribution in [0.5, 0.6) is 5.75 Å². The third-order valence-electron chi connectivity index (χ3n) is 10.3. The fraction of sp³-hybridized carbons (Fsp3) is 0.643. The molecule has 2 unspecified atom stereocenters. The second-order valence-electron chi connectivity index (χ2n) is 12.1. The Morgan fingerprint density at radius 3 is 2.24 bits per heavy atom. The number of carbonyl (C=O) groups is 4. The molecule has 0 aliphatic heterocycles. The van der Waals surface area contributed by atoms with Crippen LogP contribution in [-0.4, -0.2) is 61.5 Å². The Morgan fingerprint density at radius 2 is 1.73 bits per heavy atom. The molecule has 10 atom stereocenters. The molecule has 0 bridgehead atoms. The average molecular weight is 516 g/mol. The number of aliphatic hydroxyl groups excluding tert-OH is 2. The van der Waals surface area contributed by atoms with Crippen molar-refractivity contribution in [1.82, 2.24) is 0 Å². The quantitative estimate of drug-likeness (QED) is 0.373. The van der Waals surface area contributed by atoms with E-state index in [0.717, 1.165) is 0 Å². The Kier molecular flexibility index (Phi) is 6.26. The van der Waals surface area contributed by atoms with Crippen LogP contribution >= 0.6 is 0 Å².